The summed E-state index contributed by atoms with van der Waals surface area (Å²) in [6.07, 6.45) is 11.3. The molecule has 0 saturated heterocycles. The SMILES string of the molecule is CO[C@H](/C=C/[C@@H]1[C@@H](C/C=C\CCCC(O)CO)[C@@H](O)C[C@H]1O)CCc1cc(Cl)c(C)s1. The molecule has 0 spiro atoms. The van der Waals surface area contributed by atoms with Crippen LogP contribution < -0.4 is 0 Å². The number of ether oxygens (including phenoxy) is 1. The van der Waals surface area contributed by atoms with Crippen LogP contribution in [-0.4, -0.2) is 58.6 Å². The summed E-state index contributed by atoms with van der Waals surface area (Å²) < 4.78 is 5.61. The van der Waals surface area contributed by atoms with Gasteiger partial charge in [-0.15, -0.1) is 11.3 Å². The Labute approximate surface area is 195 Å². The van der Waals surface area contributed by atoms with Crippen molar-refractivity contribution >= 4 is 22.9 Å². The van der Waals surface area contributed by atoms with Gasteiger partial charge in [-0.2, -0.15) is 0 Å². The Morgan fingerprint density at radius 1 is 1.26 bits per heavy atom. The molecule has 2 rings (SSSR count). The van der Waals surface area contributed by atoms with E-state index < -0.39 is 18.3 Å². The molecule has 1 unspecified atom stereocenters. The number of methoxy groups -OCH3 is 1. The van der Waals surface area contributed by atoms with Crippen molar-refractivity contribution in [3.05, 3.63) is 45.1 Å². The van der Waals surface area contributed by atoms with E-state index in [1.54, 1.807) is 18.4 Å². The highest BCUT2D eigenvalue weighted by molar-refractivity contribution is 7.12. The van der Waals surface area contributed by atoms with Crippen LogP contribution in [0.2, 0.25) is 5.02 Å². The molecule has 0 aromatic carbocycles. The number of aliphatic hydroxyl groups is 4. The number of thiophene rings is 1. The molecule has 31 heavy (non-hydrogen) atoms. The molecule has 7 heteroatoms. The molecule has 0 radical (unpaired) electrons. The second-order valence-electron chi connectivity index (χ2n) is 8.40. The molecule has 1 aromatic heterocycles. The molecule has 5 nitrogen and oxygen atoms in total. The maximum absolute atomic E-state index is 10.4. The quantitative estimate of drug-likeness (QED) is 0.257. The maximum Gasteiger partial charge on any atom is 0.0771 e. The van der Waals surface area contributed by atoms with Crippen LogP contribution >= 0.6 is 22.9 Å². The predicted molar refractivity (Wildman–Crippen MR) is 127 cm³/mol. The van der Waals surface area contributed by atoms with Gasteiger partial charge in [-0.25, -0.2) is 0 Å². The van der Waals surface area contributed by atoms with Gasteiger partial charge in [0.2, 0.25) is 0 Å². The summed E-state index contributed by atoms with van der Waals surface area (Å²) in [5.41, 5.74) is 0. The van der Waals surface area contributed by atoms with E-state index in [9.17, 15) is 15.3 Å². The van der Waals surface area contributed by atoms with Crippen molar-refractivity contribution in [3.63, 3.8) is 0 Å². The van der Waals surface area contributed by atoms with E-state index in [4.69, 9.17) is 21.4 Å². The van der Waals surface area contributed by atoms with Crippen molar-refractivity contribution in [1.29, 1.82) is 0 Å². The van der Waals surface area contributed by atoms with Gasteiger partial charge in [0.1, 0.15) is 0 Å². The Kier molecular flexibility index (Phi) is 11.8. The van der Waals surface area contributed by atoms with Crippen LogP contribution in [0.5, 0.6) is 0 Å². The van der Waals surface area contributed by atoms with Crippen LogP contribution in [0, 0.1) is 18.8 Å². The summed E-state index contributed by atoms with van der Waals surface area (Å²) in [7, 11) is 1.69. The second kappa shape index (κ2) is 13.7. The molecule has 1 aliphatic carbocycles. The number of unbranched alkanes of at least 4 members (excludes halogenated alkanes) is 1. The van der Waals surface area contributed by atoms with Crippen molar-refractivity contribution in [2.24, 2.45) is 11.8 Å². The average Bonchev–Trinajstić information content (AvgIpc) is 3.21. The van der Waals surface area contributed by atoms with Crippen molar-refractivity contribution < 1.29 is 25.2 Å². The first kappa shape index (κ1) is 26.5. The normalized spacial score (nSPS) is 26.3. The van der Waals surface area contributed by atoms with Gasteiger partial charge in [0, 0.05) is 29.2 Å². The van der Waals surface area contributed by atoms with Gasteiger partial charge in [0.05, 0.1) is 36.0 Å². The molecule has 1 heterocycles. The number of aryl methyl sites for hydroxylation is 2. The first-order valence-electron chi connectivity index (χ1n) is 11.1. The third kappa shape index (κ3) is 8.61. The number of aliphatic hydroxyl groups excluding tert-OH is 4. The summed E-state index contributed by atoms with van der Waals surface area (Å²) in [5.74, 6) is -0.131. The lowest BCUT2D eigenvalue weighted by Crippen LogP contribution is -2.20. The van der Waals surface area contributed by atoms with Crippen molar-refractivity contribution in [2.45, 2.75) is 76.3 Å². The van der Waals surface area contributed by atoms with E-state index in [2.05, 4.69) is 6.08 Å². The van der Waals surface area contributed by atoms with Gasteiger partial charge in [-0.05, 0) is 57.4 Å². The molecule has 1 saturated carbocycles. The minimum Gasteiger partial charge on any atom is -0.394 e. The van der Waals surface area contributed by atoms with E-state index in [0.29, 0.717) is 19.3 Å². The Balaban J connectivity index is 1.86. The van der Waals surface area contributed by atoms with Crippen molar-refractivity contribution in [2.75, 3.05) is 13.7 Å². The van der Waals surface area contributed by atoms with Crippen LogP contribution in [0.1, 0.15) is 48.3 Å². The van der Waals surface area contributed by atoms with Gasteiger partial charge < -0.3 is 25.2 Å². The summed E-state index contributed by atoms with van der Waals surface area (Å²) in [4.78, 5) is 2.37. The van der Waals surface area contributed by atoms with Crippen LogP contribution in [-0.2, 0) is 11.2 Å². The highest BCUT2D eigenvalue weighted by Crippen LogP contribution is 2.36. The van der Waals surface area contributed by atoms with E-state index in [1.165, 1.54) is 4.88 Å². The van der Waals surface area contributed by atoms with Gasteiger partial charge in [-0.1, -0.05) is 35.9 Å². The van der Waals surface area contributed by atoms with E-state index in [0.717, 1.165) is 35.6 Å². The topological polar surface area (TPSA) is 90.2 Å². The standard InChI is InChI=1S/C24H37ClO5S/c1-16-22(25)13-19(31-16)11-9-18(30-2)10-12-21-20(23(28)14-24(21)29)8-6-4-3-5-7-17(27)15-26/h4,6,10,12-13,17-18,20-21,23-24,26-29H,3,5,7-9,11,14-15H2,1-2H3/b6-4-,12-10+/t17?,18-,20+,21+,23-,24+/m0/s1. The highest BCUT2D eigenvalue weighted by atomic mass is 35.5. The third-order valence-electron chi connectivity index (χ3n) is 6.04. The van der Waals surface area contributed by atoms with Crippen LogP contribution in [0.3, 0.4) is 0 Å². The molecular weight excluding hydrogens is 436 g/mol. The molecule has 0 amide bonds. The molecule has 176 valence electrons. The smallest absolute Gasteiger partial charge is 0.0771 e. The summed E-state index contributed by atoms with van der Waals surface area (Å²) in [5, 5.41) is 39.9. The summed E-state index contributed by atoms with van der Waals surface area (Å²) >= 11 is 7.86. The lowest BCUT2D eigenvalue weighted by Gasteiger charge is -2.20. The van der Waals surface area contributed by atoms with Gasteiger partial charge in [-0.3, -0.25) is 0 Å². The molecule has 1 aromatic rings. The zero-order valence-electron chi connectivity index (χ0n) is 18.5. The van der Waals surface area contributed by atoms with E-state index in [1.807, 2.05) is 31.2 Å². The van der Waals surface area contributed by atoms with Crippen molar-refractivity contribution in [3.8, 4) is 0 Å². The Morgan fingerprint density at radius 2 is 2.03 bits per heavy atom. The molecule has 1 aliphatic rings. The van der Waals surface area contributed by atoms with Crippen LogP contribution in [0.15, 0.2) is 30.4 Å². The molecule has 0 bridgehead atoms. The lowest BCUT2D eigenvalue weighted by molar-refractivity contribution is 0.0868. The molecule has 6 atom stereocenters. The fourth-order valence-corrected chi connectivity index (χ4v) is 5.37. The number of hydrogen-bond donors (Lipinski definition) is 4. The van der Waals surface area contributed by atoms with Gasteiger partial charge in [0.25, 0.3) is 0 Å². The highest BCUT2D eigenvalue weighted by Gasteiger charge is 2.39. The Hall–Kier alpha value is -0.730. The largest absolute Gasteiger partial charge is 0.394 e. The minimum atomic E-state index is -0.649. The van der Waals surface area contributed by atoms with Crippen LogP contribution in [0.25, 0.3) is 0 Å². The molecule has 1 fully saturated rings. The summed E-state index contributed by atoms with van der Waals surface area (Å²) in [6.45, 7) is 1.82. The second-order valence-corrected chi connectivity index (χ2v) is 10.1. The molecule has 0 aliphatic heterocycles. The number of halogens is 1. The van der Waals surface area contributed by atoms with Crippen LogP contribution in [0.4, 0.5) is 0 Å². The van der Waals surface area contributed by atoms with E-state index in [-0.39, 0.29) is 24.5 Å². The Morgan fingerprint density at radius 3 is 2.68 bits per heavy atom. The first-order valence-corrected chi connectivity index (χ1v) is 12.3. The molecule has 4 N–H and O–H groups in total. The van der Waals surface area contributed by atoms with Gasteiger partial charge in [0.15, 0.2) is 0 Å². The third-order valence-corrected chi connectivity index (χ3v) is 7.66. The number of allylic oxidation sites excluding steroid dienone is 2. The Bertz CT molecular complexity index is 685. The minimum absolute atomic E-state index is 0.0261. The monoisotopic (exact) mass is 472 g/mol. The van der Waals surface area contributed by atoms with E-state index >= 15 is 0 Å². The van der Waals surface area contributed by atoms with Crippen molar-refractivity contribution in [1.82, 2.24) is 0 Å². The fourth-order valence-electron chi connectivity index (χ4n) is 4.11. The zero-order valence-corrected chi connectivity index (χ0v) is 20.1. The summed E-state index contributed by atoms with van der Waals surface area (Å²) in [6, 6.07) is 2.02. The zero-order chi connectivity index (χ0) is 22.8. The van der Waals surface area contributed by atoms with Gasteiger partial charge >= 0.3 is 0 Å². The first-order chi connectivity index (χ1) is 14.8. The fraction of sp³-hybridized carbons (Fsp3) is 0.667. The number of rotatable bonds is 13. The molecular formula is C24H37ClO5S. The maximum atomic E-state index is 10.4. The predicted octanol–water partition coefficient (Wildman–Crippen LogP) is 4.04. The number of hydrogen-bond acceptors (Lipinski definition) is 6. The average molecular weight is 473 g/mol. The lowest BCUT2D eigenvalue weighted by atomic mass is 9.89.